The van der Waals surface area contributed by atoms with Crippen LogP contribution in [0, 0.1) is 5.82 Å². The molecule has 0 aliphatic heterocycles. The summed E-state index contributed by atoms with van der Waals surface area (Å²) < 4.78 is 34.1. The average Bonchev–Trinajstić information content (AvgIpc) is 2.51. The summed E-state index contributed by atoms with van der Waals surface area (Å²) in [4.78, 5) is 21.1. The number of hydrogen-bond donors (Lipinski definition) is 2. The van der Waals surface area contributed by atoms with Gasteiger partial charge in [-0.2, -0.15) is 0 Å². The van der Waals surface area contributed by atoms with Crippen molar-refractivity contribution >= 4 is 13.7 Å². The Morgan fingerprint density at radius 2 is 2.04 bits per heavy atom. The third-order valence-corrected chi connectivity index (χ3v) is 4.15. The van der Waals surface area contributed by atoms with E-state index in [-0.39, 0.29) is 24.8 Å². The lowest BCUT2D eigenvalue weighted by Crippen LogP contribution is -2.26. The van der Waals surface area contributed by atoms with Gasteiger partial charge in [0.25, 0.3) is 0 Å². The summed E-state index contributed by atoms with van der Waals surface area (Å²) in [7, 11) is -4.35. The van der Waals surface area contributed by atoms with Crippen LogP contribution in [-0.4, -0.2) is 24.0 Å². The zero-order chi connectivity index (χ0) is 17.8. The second kappa shape index (κ2) is 11.2. The summed E-state index contributed by atoms with van der Waals surface area (Å²) in [5, 5.41) is 2.61. The lowest BCUT2D eigenvalue weighted by Gasteiger charge is -2.13. The monoisotopic (exact) mass is 361 g/mol. The SMILES string of the molecule is CCCCCCCC(=O)NCCOP(=O)(O)Oc1cccc(F)c1. The highest BCUT2D eigenvalue weighted by Crippen LogP contribution is 2.43. The van der Waals surface area contributed by atoms with Gasteiger partial charge in [0.2, 0.25) is 5.91 Å². The minimum atomic E-state index is -4.35. The third kappa shape index (κ3) is 9.65. The van der Waals surface area contributed by atoms with Gasteiger partial charge >= 0.3 is 7.82 Å². The van der Waals surface area contributed by atoms with Crippen molar-refractivity contribution < 1.29 is 27.7 Å². The molecule has 1 aromatic rings. The van der Waals surface area contributed by atoms with Gasteiger partial charge in [-0.3, -0.25) is 14.2 Å². The molecule has 1 rings (SSSR count). The Kier molecular flexibility index (Phi) is 9.60. The van der Waals surface area contributed by atoms with Gasteiger partial charge in [-0.25, -0.2) is 8.96 Å². The summed E-state index contributed by atoms with van der Waals surface area (Å²) in [5.74, 6) is -0.801. The smallest absolute Gasteiger partial charge is 0.404 e. The minimum Gasteiger partial charge on any atom is -0.404 e. The lowest BCUT2D eigenvalue weighted by atomic mass is 10.1. The second-order valence-corrected chi connectivity index (χ2v) is 6.74. The molecular formula is C16H25FNO5P. The lowest BCUT2D eigenvalue weighted by molar-refractivity contribution is -0.121. The van der Waals surface area contributed by atoms with E-state index in [1.807, 2.05) is 0 Å². The van der Waals surface area contributed by atoms with Gasteiger partial charge in [-0.05, 0) is 18.6 Å². The summed E-state index contributed by atoms with van der Waals surface area (Å²) >= 11 is 0. The molecule has 0 aromatic heterocycles. The fourth-order valence-electron chi connectivity index (χ4n) is 2.01. The molecule has 0 spiro atoms. The average molecular weight is 361 g/mol. The van der Waals surface area contributed by atoms with Crippen molar-refractivity contribution in [2.75, 3.05) is 13.2 Å². The fraction of sp³-hybridized carbons (Fsp3) is 0.562. The number of nitrogens with one attached hydrogen (secondary N) is 1. The third-order valence-electron chi connectivity index (χ3n) is 3.20. The molecule has 0 saturated heterocycles. The van der Waals surface area contributed by atoms with E-state index in [1.54, 1.807) is 0 Å². The first-order valence-electron chi connectivity index (χ1n) is 8.12. The summed E-state index contributed by atoms with van der Waals surface area (Å²) in [6, 6.07) is 4.86. The topological polar surface area (TPSA) is 84.9 Å². The number of phosphoric ester groups is 1. The van der Waals surface area contributed by atoms with Crippen molar-refractivity contribution in [1.29, 1.82) is 0 Å². The molecule has 136 valence electrons. The maximum Gasteiger partial charge on any atom is 0.527 e. The van der Waals surface area contributed by atoms with Crippen LogP contribution in [0.2, 0.25) is 0 Å². The van der Waals surface area contributed by atoms with Gasteiger partial charge in [0.05, 0.1) is 6.61 Å². The molecule has 0 fully saturated rings. The highest BCUT2D eigenvalue weighted by Gasteiger charge is 2.22. The number of benzene rings is 1. The van der Waals surface area contributed by atoms with Crippen LogP contribution < -0.4 is 9.84 Å². The van der Waals surface area contributed by atoms with E-state index in [9.17, 15) is 18.6 Å². The highest BCUT2D eigenvalue weighted by molar-refractivity contribution is 7.47. The van der Waals surface area contributed by atoms with Crippen LogP contribution in [0.1, 0.15) is 45.4 Å². The maximum absolute atomic E-state index is 13.0. The molecule has 24 heavy (non-hydrogen) atoms. The molecule has 0 aliphatic carbocycles. The number of phosphoric acid groups is 1. The first kappa shape index (κ1) is 20.6. The van der Waals surface area contributed by atoms with E-state index in [0.29, 0.717) is 6.42 Å². The number of unbranched alkanes of at least 4 members (excludes halogenated alkanes) is 4. The summed E-state index contributed by atoms with van der Waals surface area (Å²) in [6.45, 7) is 2.06. The van der Waals surface area contributed by atoms with Gasteiger partial charge in [0.1, 0.15) is 11.6 Å². The molecule has 1 atom stereocenters. The van der Waals surface area contributed by atoms with E-state index < -0.39 is 13.6 Å². The Morgan fingerprint density at radius 3 is 2.75 bits per heavy atom. The number of halogens is 1. The van der Waals surface area contributed by atoms with Gasteiger partial charge in [0.15, 0.2) is 0 Å². The van der Waals surface area contributed by atoms with Gasteiger partial charge < -0.3 is 9.84 Å². The van der Waals surface area contributed by atoms with Crippen LogP contribution in [0.4, 0.5) is 4.39 Å². The van der Waals surface area contributed by atoms with Crippen LogP contribution in [0.5, 0.6) is 5.75 Å². The van der Waals surface area contributed by atoms with Crippen molar-refractivity contribution in [2.24, 2.45) is 0 Å². The largest absolute Gasteiger partial charge is 0.527 e. The normalized spacial score (nSPS) is 13.3. The zero-order valence-electron chi connectivity index (χ0n) is 13.9. The van der Waals surface area contributed by atoms with E-state index in [0.717, 1.165) is 31.7 Å². The molecule has 0 saturated carbocycles. The van der Waals surface area contributed by atoms with Crippen molar-refractivity contribution in [3.63, 3.8) is 0 Å². The Labute approximate surface area is 142 Å². The van der Waals surface area contributed by atoms with Crippen LogP contribution >= 0.6 is 7.82 Å². The molecule has 0 heterocycles. The molecule has 6 nitrogen and oxygen atoms in total. The molecular weight excluding hydrogens is 336 g/mol. The molecule has 2 N–H and O–H groups in total. The molecule has 1 amide bonds. The Morgan fingerprint density at radius 1 is 1.29 bits per heavy atom. The van der Waals surface area contributed by atoms with Crippen LogP contribution in [0.25, 0.3) is 0 Å². The molecule has 0 radical (unpaired) electrons. The Balaban J connectivity index is 2.17. The van der Waals surface area contributed by atoms with E-state index in [1.165, 1.54) is 24.6 Å². The Bertz CT molecular complexity index is 555. The fourth-order valence-corrected chi connectivity index (χ4v) is 2.77. The standard InChI is InChI=1S/C16H25FNO5P/c1-2-3-4-5-6-10-16(19)18-11-12-22-24(20,21)23-15-9-7-8-14(17)13-15/h7-9,13H,2-6,10-12H2,1H3,(H,18,19)(H,20,21). The predicted molar refractivity (Wildman–Crippen MR) is 89.2 cm³/mol. The molecule has 1 unspecified atom stereocenters. The van der Waals surface area contributed by atoms with E-state index >= 15 is 0 Å². The quantitative estimate of drug-likeness (QED) is 0.437. The Hall–Kier alpha value is -1.43. The van der Waals surface area contributed by atoms with Crippen molar-refractivity contribution in [1.82, 2.24) is 5.32 Å². The van der Waals surface area contributed by atoms with Crippen molar-refractivity contribution in [2.45, 2.75) is 45.4 Å². The number of amides is 1. The molecule has 0 bridgehead atoms. The molecule has 8 heteroatoms. The van der Waals surface area contributed by atoms with Crippen LogP contribution in [0.15, 0.2) is 24.3 Å². The minimum absolute atomic E-state index is 0.100. The van der Waals surface area contributed by atoms with Crippen molar-refractivity contribution in [3.05, 3.63) is 30.1 Å². The number of carbonyl (C=O) groups is 1. The van der Waals surface area contributed by atoms with Gasteiger partial charge in [0, 0.05) is 19.0 Å². The molecule has 1 aromatic carbocycles. The predicted octanol–water partition coefficient (Wildman–Crippen LogP) is 3.80. The zero-order valence-corrected chi connectivity index (χ0v) is 14.8. The van der Waals surface area contributed by atoms with E-state index in [4.69, 9.17) is 9.05 Å². The van der Waals surface area contributed by atoms with E-state index in [2.05, 4.69) is 12.2 Å². The maximum atomic E-state index is 13.0. The second-order valence-electron chi connectivity index (χ2n) is 5.36. The molecule has 0 aliphatic rings. The van der Waals surface area contributed by atoms with Crippen molar-refractivity contribution in [3.8, 4) is 5.75 Å². The summed E-state index contributed by atoms with van der Waals surface area (Å²) in [6.07, 6.45) is 5.73. The number of hydrogen-bond acceptors (Lipinski definition) is 4. The van der Waals surface area contributed by atoms with Crippen LogP contribution in [-0.2, 0) is 13.9 Å². The highest BCUT2D eigenvalue weighted by atomic mass is 31.2. The van der Waals surface area contributed by atoms with Crippen LogP contribution in [0.3, 0.4) is 0 Å². The first-order chi connectivity index (χ1) is 11.4. The van der Waals surface area contributed by atoms with Gasteiger partial charge in [-0.1, -0.05) is 38.7 Å². The summed E-state index contributed by atoms with van der Waals surface area (Å²) in [5.41, 5.74) is 0. The number of rotatable bonds is 12. The number of carbonyl (C=O) groups excluding carboxylic acids is 1. The first-order valence-corrected chi connectivity index (χ1v) is 9.61. The van der Waals surface area contributed by atoms with Gasteiger partial charge in [-0.15, -0.1) is 0 Å².